The van der Waals surface area contributed by atoms with Gasteiger partial charge in [-0.1, -0.05) is 17.7 Å². The van der Waals surface area contributed by atoms with E-state index in [4.69, 9.17) is 16.3 Å². The number of aromatic nitrogens is 2. The van der Waals surface area contributed by atoms with Gasteiger partial charge in [0.15, 0.2) is 12.3 Å². The van der Waals surface area contributed by atoms with E-state index in [9.17, 15) is 22.8 Å². The van der Waals surface area contributed by atoms with Crippen LogP contribution < -0.4 is 5.32 Å². The number of nitrogens with one attached hydrogen (secondary N) is 1. The number of carbonyl (C=O) groups is 2. The van der Waals surface area contributed by atoms with Gasteiger partial charge in [0.05, 0.1) is 0 Å². The molecule has 0 radical (unpaired) electrons. The highest BCUT2D eigenvalue weighted by Crippen LogP contribution is 2.27. The van der Waals surface area contributed by atoms with Gasteiger partial charge in [0.1, 0.15) is 6.54 Å². The van der Waals surface area contributed by atoms with Crippen LogP contribution in [-0.2, 0) is 27.0 Å². The van der Waals surface area contributed by atoms with Crippen LogP contribution in [0.5, 0.6) is 0 Å². The number of hydrogen-bond donors (Lipinski definition) is 1. The normalized spacial score (nSPS) is 11.2. The number of carbonyl (C=O) groups excluding carboxylic acids is 2. The van der Waals surface area contributed by atoms with E-state index in [1.54, 1.807) is 25.1 Å². The number of ether oxygens (including phenoxy) is 1. The summed E-state index contributed by atoms with van der Waals surface area (Å²) in [6.07, 6.45) is -3.59. The summed E-state index contributed by atoms with van der Waals surface area (Å²) in [6.45, 7) is 0.673. The molecule has 0 aliphatic carbocycles. The molecule has 2 aromatic rings. The zero-order valence-corrected chi connectivity index (χ0v) is 13.7. The third-order valence-electron chi connectivity index (χ3n) is 3.04. The average Bonchev–Trinajstić information content (AvgIpc) is 2.98. The van der Waals surface area contributed by atoms with E-state index in [2.05, 4.69) is 10.4 Å². The molecule has 0 fully saturated rings. The summed E-state index contributed by atoms with van der Waals surface area (Å²) >= 11 is 5.92. The van der Waals surface area contributed by atoms with Gasteiger partial charge in [-0.15, -0.1) is 0 Å². The SMILES string of the molecule is Cc1ccc(NC(=O)COC(=O)Cn2ccc(C(F)(F)F)n2)cc1Cl. The van der Waals surface area contributed by atoms with Gasteiger partial charge in [-0.2, -0.15) is 18.3 Å². The first kappa shape index (κ1) is 18.8. The largest absolute Gasteiger partial charge is 0.454 e. The quantitative estimate of drug-likeness (QED) is 0.815. The summed E-state index contributed by atoms with van der Waals surface area (Å²) in [5, 5.41) is 6.16. The first-order valence-electron chi connectivity index (χ1n) is 6.97. The van der Waals surface area contributed by atoms with Gasteiger partial charge in [0.25, 0.3) is 5.91 Å². The molecule has 25 heavy (non-hydrogen) atoms. The van der Waals surface area contributed by atoms with Crippen LogP contribution in [-0.4, -0.2) is 28.3 Å². The van der Waals surface area contributed by atoms with Crippen molar-refractivity contribution in [1.29, 1.82) is 0 Å². The van der Waals surface area contributed by atoms with Gasteiger partial charge >= 0.3 is 12.1 Å². The monoisotopic (exact) mass is 375 g/mol. The van der Waals surface area contributed by atoms with Crippen LogP contribution in [0.1, 0.15) is 11.3 Å². The molecule has 1 heterocycles. The van der Waals surface area contributed by atoms with E-state index in [0.29, 0.717) is 10.7 Å². The number of hydrogen-bond acceptors (Lipinski definition) is 4. The smallest absolute Gasteiger partial charge is 0.435 e. The van der Waals surface area contributed by atoms with Crippen molar-refractivity contribution in [3.63, 3.8) is 0 Å². The number of amides is 1. The molecule has 0 saturated carbocycles. The van der Waals surface area contributed by atoms with E-state index in [0.717, 1.165) is 22.5 Å². The van der Waals surface area contributed by atoms with Crippen LogP contribution >= 0.6 is 11.6 Å². The molecule has 0 atom stereocenters. The summed E-state index contributed by atoms with van der Waals surface area (Å²) in [6, 6.07) is 5.61. The molecule has 0 aliphatic rings. The minimum atomic E-state index is -4.59. The minimum absolute atomic E-state index is 0.429. The Balaban J connectivity index is 1.82. The molecule has 0 aliphatic heterocycles. The van der Waals surface area contributed by atoms with Crippen molar-refractivity contribution >= 4 is 29.2 Å². The number of rotatable bonds is 5. The maximum absolute atomic E-state index is 12.4. The predicted octanol–water partition coefficient (Wildman–Crippen LogP) is 3.05. The average molecular weight is 376 g/mol. The lowest BCUT2D eigenvalue weighted by Crippen LogP contribution is -2.23. The first-order valence-corrected chi connectivity index (χ1v) is 7.35. The predicted molar refractivity (Wildman–Crippen MR) is 83.0 cm³/mol. The Morgan fingerprint density at radius 1 is 1.32 bits per heavy atom. The molecule has 1 aromatic carbocycles. The fraction of sp³-hybridized carbons (Fsp3) is 0.267. The number of nitrogens with zero attached hydrogens (tertiary/aromatic N) is 2. The van der Waals surface area contributed by atoms with Crippen molar-refractivity contribution in [3.05, 3.63) is 46.7 Å². The molecule has 2 rings (SSSR count). The summed E-state index contributed by atoms with van der Waals surface area (Å²) in [5.74, 6) is -1.50. The third-order valence-corrected chi connectivity index (χ3v) is 3.45. The fourth-order valence-corrected chi connectivity index (χ4v) is 1.97. The highest BCUT2D eigenvalue weighted by atomic mass is 35.5. The van der Waals surface area contributed by atoms with Crippen molar-refractivity contribution in [3.8, 4) is 0 Å². The molecule has 0 unspecified atom stereocenters. The molecule has 1 N–H and O–H groups in total. The molecule has 1 amide bonds. The zero-order chi connectivity index (χ0) is 18.6. The molecule has 0 spiro atoms. The fourth-order valence-electron chi connectivity index (χ4n) is 1.79. The van der Waals surface area contributed by atoms with Crippen LogP contribution in [0, 0.1) is 6.92 Å². The Hall–Kier alpha value is -2.55. The second-order valence-electron chi connectivity index (χ2n) is 5.07. The highest BCUT2D eigenvalue weighted by Gasteiger charge is 2.33. The lowest BCUT2D eigenvalue weighted by atomic mass is 10.2. The molecule has 10 heteroatoms. The van der Waals surface area contributed by atoms with Crippen molar-refractivity contribution in [2.24, 2.45) is 0 Å². The van der Waals surface area contributed by atoms with Crippen LogP contribution in [0.3, 0.4) is 0 Å². The van der Waals surface area contributed by atoms with Crippen molar-refractivity contribution in [1.82, 2.24) is 9.78 Å². The Labute approximate surface area is 145 Å². The highest BCUT2D eigenvalue weighted by molar-refractivity contribution is 6.31. The first-order chi connectivity index (χ1) is 11.6. The molecular weight excluding hydrogens is 363 g/mol. The van der Waals surface area contributed by atoms with Gasteiger partial charge in [-0.25, -0.2) is 0 Å². The summed E-state index contributed by atoms with van der Waals surface area (Å²) in [4.78, 5) is 23.3. The summed E-state index contributed by atoms with van der Waals surface area (Å²) in [5.41, 5.74) is 0.149. The van der Waals surface area contributed by atoms with E-state index < -0.39 is 36.9 Å². The van der Waals surface area contributed by atoms with Crippen LogP contribution in [0.4, 0.5) is 18.9 Å². The number of halogens is 4. The van der Waals surface area contributed by atoms with Crippen LogP contribution in [0.25, 0.3) is 0 Å². The van der Waals surface area contributed by atoms with Crippen molar-refractivity contribution in [2.75, 3.05) is 11.9 Å². The molecule has 1 aromatic heterocycles. The van der Waals surface area contributed by atoms with Gasteiger partial charge < -0.3 is 10.1 Å². The molecule has 0 bridgehead atoms. The van der Waals surface area contributed by atoms with E-state index in [-0.39, 0.29) is 0 Å². The lowest BCUT2D eigenvalue weighted by molar-refractivity contribution is -0.148. The second kappa shape index (κ2) is 7.56. The Morgan fingerprint density at radius 2 is 2.04 bits per heavy atom. The van der Waals surface area contributed by atoms with E-state index >= 15 is 0 Å². The third kappa shape index (κ3) is 5.49. The number of esters is 1. The number of aryl methyl sites for hydroxylation is 1. The van der Waals surface area contributed by atoms with Crippen molar-refractivity contribution < 1.29 is 27.5 Å². The summed E-state index contributed by atoms with van der Waals surface area (Å²) < 4.78 is 42.7. The van der Waals surface area contributed by atoms with Crippen LogP contribution in [0.15, 0.2) is 30.5 Å². The van der Waals surface area contributed by atoms with Gasteiger partial charge in [0.2, 0.25) is 0 Å². The minimum Gasteiger partial charge on any atom is -0.454 e. The van der Waals surface area contributed by atoms with Crippen molar-refractivity contribution in [2.45, 2.75) is 19.6 Å². The number of alkyl halides is 3. The standard InChI is InChI=1S/C15H13ClF3N3O3/c1-9-2-3-10(6-11(9)16)20-13(23)8-25-14(24)7-22-5-4-12(21-22)15(17,18)19/h2-6H,7-8H2,1H3,(H,20,23). The molecule has 134 valence electrons. The molecule has 0 saturated heterocycles. The maximum atomic E-state index is 12.4. The Morgan fingerprint density at radius 3 is 2.64 bits per heavy atom. The lowest BCUT2D eigenvalue weighted by Gasteiger charge is -2.08. The van der Waals surface area contributed by atoms with Gasteiger partial charge in [-0.3, -0.25) is 14.3 Å². The second-order valence-corrected chi connectivity index (χ2v) is 5.48. The van der Waals surface area contributed by atoms with Gasteiger partial charge in [-0.05, 0) is 30.7 Å². The maximum Gasteiger partial charge on any atom is 0.435 e. The number of benzene rings is 1. The van der Waals surface area contributed by atoms with Crippen LogP contribution in [0.2, 0.25) is 5.02 Å². The zero-order valence-electron chi connectivity index (χ0n) is 12.9. The Kier molecular flexibility index (Phi) is 5.68. The molecular formula is C15H13ClF3N3O3. The number of anilines is 1. The Bertz CT molecular complexity index is 790. The van der Waals surface area contributed by atoms with E-state index in [1.807, 2.05) is 0 Å². The topological polar surface area (TPSA) is 73.2 Å². The molecule has 6 nitrogen and oxygen atoms in total. The summed E-state index contributed by atoms with van der Waals surface area (Å²) in [7, 11) is 0. The van der Waals surface area contributed by atoms with Gasteiger partial charge in [0, 0.05) is 16.9 Å². The van der Waals surface area contributed by atoms with E-state index in [1.165, 1.54) is 0 Å².